The first-order valence-electron chi connectivity index (χ1n) is 6.44. The highest BCUT2D eigenvalue weighted by atomic mass is 14.9. The minimum absolute atomic E-state index is 0.815. The molecule has 0 aliphatic carbocycles. The van der Waals surface area contributed by atoms with Gasteiger partial charge in [-0.1, -0.05) is 36.4 Å². The molecule has 0 radical (unpaired) electrons. The van der Waals surface area contributed by atoms with E-state index >= 15 is 0 Å². The van der Waals surface area contributed by atoms with Crippen molar-refractivity contribution in [2.45, 2.75) is 13.5 Å². The Morgan fingerprint density at radius 2 is 1.79 bits per heavy atom. The van der Waals surface area contributed by atoms with Crippen LogP contribution in [0.4, 0.5) is 5.69 Å². The van der Waals surface area contributed by atoms with Crippen molar-refractivity contribution >= 4 is 16.5 Å². The molecule has 1 N–H and O–H groups in total. The van der Waals surface area contributed by atoms with Crippen molar-refractivity contribution in [3.63, 3.8) is 0 Å². The number of benzene rings is 2. The molecule has 2 nitrogen and oxygen atoms in total. The van der Waals surface area contributed by atoms with Crippen molar-refractivity contribution in [1.82, 2.24) is 4.98 Å². The van der Waals surface area contributed by atoms with Crippen molar-refractivity contribution in [2.24, 2.45) is 0 Å². The Kier molecular flexibility index (Phi) is 3.15. The molecule has 0 spiro atoms. The maximum Gasteiger partial charge on any atom is 0.0532 e. The Morgan fingerprint density at radius 3 is 2.63 bits per heavy atom. The number of anilines is 1. The summed E-state index contributed by atoms with van der Waals surface area (Å²) in [4.78, 5) is 4.18. The van der Waals surface area contributed by atoms with Crippen LogP contribution in [0.25, 0.3) is 10.8 Å². The van der Waals surface area contributed by atoms with Crippen LogP contribution in [0.1, 0.15) is 11.1 Å². The summed E-state index contributed by atoms with van der Waals surface area (Å²) < 4.78 is 0. The molecule has 1 heterocycles. The number of rotatable bonds is 3. The van der Waals surface area contributed by atoms with Gasteiger partial charge in [0.2, 0.25) is 0 Å². The Morgan fingerprint density at radius 1 is 0.947 bits per heavy atom. The van der Waals surface area contributed by atoms with E-state index in [1.165, 1.54) is 21.9 Å². The van der Waals surface area contributed by atoms with Gasteiger partial charge in [0.05, 0.1) is 5.69 Å². The normalized spacial score (nSPS) is 10.6. The molecule has 0 saturated carbocycles. The van der Waals surface area contributed by atoms with Crippen molar-refractivity contribution < 1.29 is 0 Å². The summed E-state index contributed by atoms with van der Waals surface area (Å²) in [5, 5.41) is 5.97. The smallest absolute Gasteiger partial charge is 0.0532 e. The zero-order chi connectivity index (χ0) is 13.1. The zero-order valence-electron chi connectivity index (χ0n) is 10.9. The van der Waals surface area contributed by atoms with E-state index in [1.54, 1.807) is 0 Å². The summed E-state index contributed by atoms with van der Waals surface area (Å²) >= 11 is 0. The SMILES string of the molecule is Cc1cncc(NCc2ccc3ccccc3c2)c1. The van der Waals surface area contributed by atoms with Crippen molar-refractivity contribution in [3.8, 4) is 0 Å². The Hall–Kier alpha value is -2.35. The summed E-state index contributed by atoms with van der Waals surface area (Å²) in [6.45, 7) is 2.87. The minimum atomic E-state index is 0.815. The second-order valence-electron chi connectivity index (χ2n) is 4.79. The predicted octanol–water partition coefficient (Wildman–Crippen LogP) is 4.16. The molecule has 0 saturated heterocycles. The number of hydrogen-bond acceptors (Lipinski definition) is 2. The molecule has 0 aliphatic heterocycles. The second kappa shape index (κ2) is 5.11. The van der Waals surface area contributed by atoms with E-state index in [0.29, 0.717) is 0 Å². The second-order valence-corrected chi connectivity index (χ2v) is 4.79. The fourth-order valence-corrected chi connectivity index (χ4v) is 2.20. The highest BCUT2D eigenvalue weighted by Gasteiger charge is 1.97. The number of hydrogen-bond donors (Lipinski definition) is 1. The standard InChI is InChI=1S/C17H16N2/c1-13-8-17(12-18-10-13)19-11-14-6-7-15-4-2-3-5-16(15)9-14/h2-10,12,19H,11H2,1H3. The van der Waals surface area contributed by atoms with Gasteiger partial charge in [-0.15, -0.1) is 0 Å². The molecule has 19 heavy (non-hydrogen) atoms. The van der Waals surface area contributed by atoms with Gasteiger partial charge in [0, 0.05) is 18.9 Å². The van der Waals surface area contributed by atoms with Crippen LogP contribution >= 0.6 is 0 Å². The lowest BCUT2D eigenvalue weighted by Gasteiger charge is -2.08. The van der Waals surface area contributed by atoms with Crippen molar-refractivity contribution in [2.75, 3.05) is 5.32 Å². The van der Waals surface area contributed by atoms with Gasteiger partial charge in [-0.25, -0.2) is 0 Å². The fourth-order valence-electron chi connectivity index (χ4n) is 2.20. The van der Waals surface area contributed by atoms with E-state index in [2.05, 4.69) is 58.8 Å². The lowest BCUT2D eigenvalue weighted by atomic mass is 10.1. The van der Waals surface area contributed by atoms with E-state index in [0.717, 1.165) is 12.2 Å². The van der Waals surface area contributed by atoms with Gasteiger partial charge in [-0.3, -0.25) is 4.98 Å². The highest BCUT2D eigenvalue weighted by Crippen LogP contribution is 2.17. The van der Waals surface area contributed by atoms with Crippen LogP contribution in [0, 0.1) is 6.92 Å². The van der Waals surface area contributed by atoms with Crippen LogP contribution < -0.4 is 5.32 Å². The van der Waals surface area contributed by atoms with Gasteiger partial charge >= 0.3 is 0 Å². The molecule has 0 atom stereocenters. The maximum absolute atomic E-state index is 4.18. The van der Waals surface area contributed by atoms with Crippen LogP contribution in [0.15, 0.2) is 60.9 Å². The molecule has 2 heteroatoms. The molecule has 2 aromatic carbocycles. The van der Waals surface area contributed by atoms with Gasteiger partial charge in [0.25, 0.3) is 0 Å². The van der Waals surface area contributed by atoms with Gasteiger partial charge in [-0.2, -0.15) is 0 Å². The third-order valence-electron chi connectivity index (χ3n) is 3.19. The average Bonchev–Trinajstić information content (AvgIpc) is 2.45. The molecule has 0 fully saturated rings. The predicted molar refractivity (Wildman–Crippen MR) is 80.2 cm³/mol. The van der Waals surface area contributed by atoms with Crippen LogP contribution in [0.3, 0.4) is 0 Å². The Labute approximate surface area is 113 Å². The summed E-state index contributed by atoms with van der Waals surface area (Å²) in [6.07, 6.45) is 3.72. The first-order chi connectivity index (χ1) is 9.31. The maximum atomic E-state index is 4.18. The van der Waals surface area contributed by atoms with Crippen molar-refractivity contribution in [3.05, 3.63) is 72.1 Å². The summed E-state index contributed by atoms with van der Waals surface area (Å²) in [5.41, 5.74) is 3.51. The highest BCUT2D eigenvalue weighted by molar-refractivity contribution is 5.83. The zero-order valence-corrected chi connectivity index (χ0v) is 10.9. The topological polar surface area (TPSA) is 24.9 Å². The van der Waals surface area contributed by atoms with E-state index in [1.807, 2.05) is 19.3 Å². The third-order valence-corrected chi connectivity index (χ3v) is 3.19. The number of nitrogens with zero attached hydrogens (tertiary/aromatic N) is 1. The first kappa shape index (κ1) is 11.7. The van der Waals surface area contributed by atoms with Crippen LogP contribution in [0.2, 0.25) is 0 Å². The average molecular weight is 248 g/mol. The summed E-state index contributed by atoms with van der Waals surface area (Å²) in [7, 11) is 0. The van der Waals surface area contributed by atoms with Crippen LogP contribution in [-0.2, 0) is 6.54 Å². The van der Waals surface area contributed by atoms with Gasteiger partial charge in [0.1, 0.15) is 0 Å². The number of aromatic nitrogens is 1. The Bertz CT molecular complexity index is 704. The molecule has 3 rings (SSSR count). The lowest BCUT2D eigenvalue weighted by Crippen LogP contribution is -1.99. The molecule has 0 amide bonds. The molecule has 94 valence electrons. The van der Waals surface area contributed by atoms with Crippen LogP contribution in [0.5, 0.6) is 0 Å². The van der Waals surface area contributed by atoms with Crippen LogP contribution in [-0.4, -0.2) is 4.98 Å². The summed E-state index contributed by atoms with van der Waals surface area (Å²) in [5.74, 6) is 0. The van der Waals surface area contributed by atoms with E-state index in [9.17, 15) is 0 Å². The molecule has 0 bridgehead atoms. The largest absolute Gasteiger partial charge is 0.380 e. The summed E-state index contributed by atoms with van der Waals surface area (Å²) in [6, 6.07) is 17.1. The molecular weight excluding hydrogens is 232 g/mol. The van der Waals surface area contributed by atoms with Gasteiger partial charge < -0.3 is 5.32 Å². The van der Waals surface area contributed by atoms with Gasteiger partial charge in [0.15, 0.2) is 0 Å². The molecule has 0 aliphatic rings. The minimum Gasteiger partial charge on any atom is -0.380 e. The number of nitrogens with one attached hydrogen (secondary N) is 1. The molecule has 0 unspecified atom stereocenters. The monoisotopic (exact) mass is 248 g/mol. The number of pyridine rings is 1. The fraction of sp³-hybridized carbons (Fsp3) is 0.118. The number of fused-ring (bicyclic) bond motifs is 1. The first-order valence-corrected chi connectivity index (χ1v) is 6.44. The lowest BCUT2D eigenvalue weighted by molar-refractivity contribution is 1.13. The van der Waals surface area contributed by atoms with E-state index in [4.69, 9.17) is 0 Å². The third kappa shape index (κ3) is 2.74. The van der Waals surface area contributed by atoms with Gasteiger partial charge in [-0.05, 0) is 41.0 Å². The Balaban J connectivity index is 1.78. The quantitative estimate of drug-likeness (QED) is 0.753. The van der Waals surface area contributed by atoms with Crippen molar-refractivity contribution in [1.29, 1.82) is 0 Å². The van der Waals surface area contributed by atoms with E-state index in [-0.39, 0.29) is 0 Å². The van der Waals surface area contributed by atoms with E-state index < -0.39 is 0 Å². The molecular formula is C17H16N2. The molecule has 3 aromatic rings. The number of aryl methyl sites for hydroxylation is 1. The molecule has 1 aromatic heterocycles.